The van der Waals surface area contributed by atoms with Crippen molar-refractivity contribution in [1.29, 1.82) is 0 Å². The van der Waals surface area contributed by atoms with Crippen LogP contribution in [0, 0.1) is 0 Å². The summed E-state index contributed by atoms with van der Waals surface area (Å²) in [5.41, 5.74) is 1.67. The normalized spacial score (nSPS) is 17.3. The molecule has 0 unspecified atom stereocenters. The van der Waals surface area contributed by atoms with Crippen LogP contribution in [0.1, 0.15) is 49.9 Å². The molecule has 2 rings (SSSR count). The lowest BCUT2D eigenvalue weighted by atomic mass is 10.1. The molecule has 0 spiro atoms. The van der Waals surface area contributed by atoms with Crippen LogP contribution in [0.3, 0.4) is 0 Å². The van der Waals surface area contributed by atoms with Crippen molar-refractivity contribution in [2.75, 3.05) is 24.5 Å². The van der Waals surface area contributed by atoms with Gasteiger partial charge in [0.2, 0.25) is 0 Å². The summed E-state index contributed by atoms with van der Waals surface area (Å²) in [6.07, 6.45) is 3.59. The van der Waals surface area contributed by atoms with E-state index in [1.54, 1.807) is 0 Å². The lowest BCUT2D eigenvalue weighted by Crippen LogP contribution is -2.40. The smallest absolute Gasteiger partial charge is 0.326 e. The number of nitrogens with zero attached hydrogens (tertiary/aromatic N) is 2. The minimum absolute atomic E-state index is 0.182. The molecule has 23 heavy (non-hydrogen) atoms. The molecule has 5 nitrogen and oxygen atoms in total. The molecule has 1 saturated heterocycles. The Morgan fingerprint density at radius 1 is 1.26 bits per heavy atom. The Labute approximate surface area is 137 Å². The third kappa shape index (κ3) is 4.03. The fraction of sp³-hybridized carbons (Fsp3) is 0.556. The number of hydrogen-bond acceptors (Lipinski definition) is 3. The summed E-state index contributed by atoms with van der Waals surface area (Å²) in [6, 6.07) is 6.85. The van der Waals surface area contributed by atoms with Crippen LogP contribution >= 0.6 is 0 Å². The fourth-order valence-electron chi connectivity index (χ4n) is 3.07. The molecule has 0 saturated carbocycles. The van der Waals surface area contributed by atoms with E-state index in [-0.39, 0.29) is 5.91 Å². The van der Waals surface area contributed by atoms with Crippen LogP contribution in [0.4, 0.5) is 5.69 Å². The molecule has 0 aromatic heterocycles. The molecule has 126 valence electrons. The fourth-order valence-corrected chi connectivity index (χ4v) is 3.07. The largest absolute Gasteiger partial charge is 0.480 e. The lowest BCUT2D eigenvalue weighted by Gasteiger charge is -2.24. The topological polar surface area (TPSA) is 60.9 Å². The minimum atomic E-state index is -0.913. The average Bonchev–Trinajstić information content (AvgIpc) is 3.05. The lowest BCUT2D eigenvalue weighted by molar-refractivity contribution is -0.141. The van der Waals surface area contributed by atoms with Gasteiger partial charge in [0.05, 0.1) is 0 Å². The summed E-state index contributed by atoms with van der Waals surface area (Å²) in [4.78, 5) is 27.5. The Hall–Kier alpha value is -2.04. The van der Waals surface area contributed by atoms with Gasteiger partial charge in [0, 0.05) is 30.9 Å². The summed E-state index contributed by atoms with van der Waals surface area (Å²) < 4.78 is 0. The Morgan fingerprint density at radius 2 is 1.96 bits per heavy atom. The second kappa shape index (κ2) is 7.99. The van der Waals surface area contributed by atoms with E-state index < -0.39 is 12.0 Å². The summed E-state index contributed by atoms with van der Waals surface area (Å²) in [5.74, 6) is -1.10. The molecule has 1 amide bonds. The van der Waals surface area contributed by atoms with E-state index in [0.717, 1.165) is 38.0 Å². The van der Waals surface area contributed by atoms with Crippen LogP contribution in [-0.4, -0.2) is 47.6 Å². The van der Waals surface area contributed by atoms with Crippen LogP contribution in [0.5, 0.6) is 0 Å². The third-order valence-corrected chi connectivity index (χ3v) is 4.44. The number of rotatable bonds is 7. The highest BCUT2D eigenvalue weighted by molar-refractivity contribution is 5.97. The van der Waals surface area contributed by atoms with Gasteiger partial charge in [-0.05, 0) is 50.5 Å². The molecule has 1 aromatic carbocycles. The molecule has 5 heteroatoms. The van der Waals surface area contributed by atoms with Gasteiger partial charge in [-0.1, -0.05) is 13.3 Å². The highest BCUT2D eigenvalue weighted by Crippen LogP contribution is 2.22. The van der Waals surface area contributed by atoms with Gasteiger partial charge in [-0.3, -0.25) is 4.79 Å². The summed E-state index contributed by atoms with van der Waals surface area (Å²) in [7, 11) is 0. The van der Waals surface area contributed by atoms with Crippen LogP contribution in [-0.2, 0) is 4.79 Å². The second-order valence-electron chi connectivity index (χ2n) is 5.97. The molecule has 0 radical (unpaired) electrons. The first-order valence-electron chi connectivity index (χ1n) is 8.47. The van der Waals surface area contributed by atoms with Crippen molar-refractivity contribution in [3.8, 4) is 0 Å². The number of unbranched alkanes of at least 4 members (excludes halogenated alkanes) is 1. The van der Waals surface area contributed by atoms with Crippen molar-refractivity contribution in [3.05, 3.63) is 29.8 Å². The Morgan fingerprint density at radius 3 is 2.52 bits per heavy atom. The molecular weight excluding hydrogens is 292 g/mol. The molecule has 0 bridgehead atoms. The summed E-state index contributed by atoms with van der Waals surface area (Å²) >= 11 is 0. The zero-order valence-corrected chi connectivity index (χ0v) is 14.0. The van der Waals surface area contributed by atoms with Gasteiger partial charge >= 0.3 is 5.97 Å². The minimum Gasteiger partial charge on any atom is -0.480 e. The monoisotopic (exact) mass is 318 g/mol. The van der Waals surface area contributed by atoms with Gasteiger partial charge in [0.15, 0.2) is 0 Å². The highest BCUT2D eigenvalue weighted by Gasteiger charge is 2.34. The Kier molecular flexibility index (Phi) is 6.02. The van der Waals surface area contributed by atoms with Crippen LogP contribution < -0.4 is 4.90 Å². The van der Waals surface area contributed by atoms with Crippen molar-refractivity contribution >= 4 is 17.6 Å². The zero-order chi connectivity index (χ0) is 16.8. The number of carboxylic acids is 1. The number of carboxylic acid groups (broad SMARTS) is 1. The van der Waals surface area contributed by atoms with E-state index >= 15 is 0 Å². The van der Waals surface area contributed by atoms with Crippen molar-refractivity contribution in [1.82, 2.24) is 4.90 Å². The van der Waals surface area contributed by atoms with Crippen LogP contribution in [0.25, 0.3) is 0 Å². The average molecular weight is 318 g/mol. The summed E-state index contributed by atoms with van der Waals surface area (Å²) in [5, 5.41) is 9.21. The van der Waals surface area contributed by atoms with Gasteiger partial charge < -0.3 is 14.9 Å². The third-order valence-electron chi connectivity index (χ3n) is 4.44. The maximum Gasteiger partial charge on any atom is 0.326 e. The van der Waals surface area contributed by atoms with E-state index in [4.69, 9.17) is 0 Å². The maximum absolute atomic E-state index is 12.5. The van der Waals surface area contributed by atoms with Crippen molar-refractivity contribution in [3.63, 3.8) is 0 Å². The molecule has 1 aromatic rings. The number of likely N-dealkylation sites (tertiary alicyclic amines) is 1. The van der Waals surface area contributed by atoms with E-state index in [1.807, 2.05) is 24.3 Å². The Bertz CT molecular complexity index is 542. The van der Waals surface area contributed by atoms with E-state index in [2.05, 4.69) is 18.7 Å². The maximum atomic E-state index is 12.5. The number of carbonyl (C=O) groups excluding carboxylic acids is 1. The van der Waals surface area contributed by atoms with Crippen molar-refractivity contribution < 1.29 is 14.7 Å². The standard InChI is InChI=1S/C18H26N2O3/c1-3-5-12-19(4-2)15-10-8-14(9-11-15)17(21)20-13-6-7-16(20)18(22)23/h8-11,16H,3-7,12-13H2,1-2H3,(H,22,23)/t16-/m1/s1. The second-order valence-corrected chi connectivity index (χ2v) is 5.97. The SMILES string of the molecule is CCCCN(CC)c1ccc(C(=O)N2CCC[C@@H]2C(=O)O)cc1. The molecule has 0 aliphatic carbocycles. The Balaban J connectivity index is 2.09. The van der Waals surface area contributed by atoms with Crippen molar-refractivity contribution in [2.45, 2.75) is 45.6 Å². The predicted molar refractivity (Wildman–Crippen MR) is 90.9 cm³/mol. The predicted octanol–water partition coefficient (Wildman–Crippen LogP) is 3.00. The van der Waals surface area contributed by atoms with Gasteiger partial charge in [-0.25, -0.2) is 4.79 Å². The van der Waals surface area contributed by atoms with Crippen molar-refractivity contribution in [2.24, 2.45) is 0 Å². The number of hydrogen-bond donors (Lipinski definition) is 1. The van der Waals surface area contributed by atoms with Gasteiger partial charge in [-0.15, -0.1) is 0 Å². The van der Waals surface area contributed by atoms with E-state index in [9.17, 15) is 14.7 Å². The van der Waals surface area contributed by atoms with Crippen LogP contribution in [0.15, 0.2) is 24.3 Å². The summed E-state index contributed by atoms with van der Waals surface area (Å²) in [6.45, 7) is 6.75. The molecule has 1 N–H and O–H groups in total. The van der Waals surface area contributed by atoms with E-state index in [1.165, 1.54) is 4.90 Å². The number of anilines is 1. The molecule has 1 fully saturated rings. The first-order chi connectivity index (χ1) is 11.1. The van der Waals surface area contributed by atoms with Gasteiger partial charge in [0.25, 0.3) is 5.91 Å². The number of benzene rings is 1. The van der Waals surface area contributed by atoms with Crippen LogP contribution in [0.2, 0.25) is 0 Å². The van der Waals surface area contributed by atoms with Gasteiger partial charge in [-0.2, -0.15) is 0 Å². The molecule has 1 atom stereocenters. The molecule has 1 heterocycles. The number of carbonyl (C=O) groups is 2. The number of aliphatic carboxylic acids is 1. The number of amides is 1. The molecule has 1 aliphatic heterocycles. The van der Waals surface area contributed by atoms with E-state index in [0.29, 0.717) is 18.5 Å². The first kappa shape index (κ1) is 17.3. The zero-order valence-electron chi connectivity index (χ0n) is 14.0. The molecule has 1 aliphatic rings. The molecular formula is C18H26N2O3. The highest BCUT2D eigenvalue weighted by atomic mass is 16.4. The first-order valence-corrected chi connectivity index (χ1v) is 8.47. The van der Waals surface area contributed by atoms with Gasteiger partial charge in [0.1, 0.15) is 6.04 Å². The quantitative estimate of drug-likeness (QED) is 0.839.